The van der Waals surface area contributed by atoms with E-state index in [0.29, 0.717) is 41.2 Å². The summed E-state index contributed by atoms with van der Waals surface area (Å²) in [5.41, 5.74) is 9.56. The van der Waals surface area contributed by atoms with Crippen LogP contribution in [0, 0.1) is 13.8 Å². The van der Waals surface area contributed by atoms with Crippen LogP contribution in [0.25, 0.3) is 11.8 Å². The second kappa shape index (κ2) is 9.89. The third-order valence-electron chi connectivity index (χ3n) is 7.00. The third kappa shape index (κ3) is 4.75. The van der Waals surface area contributed by atoms with Gasteiger partial charge in [0.25, 0.3) is 11.8 Å². The van der Waals surface area contributed by atoms with Gasteiger partial charge >= 0.3 is 0 Å². The van der Waals surface area contributed by atoms with Gasteiger partial charge in [0.1, 0.15) is 0 Å². The Kier molecular flexibility index (Phi) is 6.89. The first-order valence-electron chi connectivity index (χ1n) is 12.0. The molecule has 2 amide bonds. The molecule has 0 unspecified atom stereocenters. The number of sulfone groups is 1. The molecule has 0 bridgehead atoms. The maximum Gasteiger partial charge on any atom is 0.257 e. The van der Waals surface area contributed by atoms with Crippen molar-refractivity contribution in [1.82, 2.24) is 9.47 Å². The molecule has 2 aromatic carbocycles. The van der Waals surface area contributed by atoms with Gasteiger partial charge in [-0.25, -0.2) is 8.42 Å². The second-order valence-corrected chi connectivity index (χ2v) is 12.4. The average molecular weight is 574 g/mol. The number of amides is 2. The maximum atomic E-state index is 13.3. The number of benzene rings is 2. The molecule has 3 heterocycles. The number of hydrogen-bond donors (Lipinski definition) is 2. The van der Waals surface area contributed by atoms with Crippen LogP contribution in [-0.2, 0) is 20.4 Å². The van der Waals surface area contributed by atoms with Crippen molar-refractivity contribution in [3.05, 3.63) is 80.6 Å². The van der Waals surface area contributed by atoms with E-state index in [2.05, 4.69) is 5.32 Å². The van der Waals surface area contributed by atoms with Gasteiger partial charge in [-0.1, -0.05) is 29.3 Å². The Hall–Kier alpha value is -3.11. The highest BCUT2D eigenvalue weighted by Crippen LogP contribution is 2.36. The Bertz CT molecular complexity index is 1610. The van der Waals surface area contributed by atoms with Crippen molar-refractivity contribution in [3.63, 3.8) is 0 Å². The smallest absolute Gasteiger partial charge is 0.257 e. The quantitative estimate of drug-likeness (QED) is 0.436. The Morgan fingerprint density at radius 3 is 2.55 bits per heavy atom. The van der Waals surface area contributed by atoms with Gasteiger partial charge in [-0.3, -0.25) is 9.59 Å². The highest BCUT2D eigenvalue weighted by Gasteiger charge is 2.30. The average Bonchev–Trinajstić information content (AvgIpc) is 3.51. The van der Waals surface area contributed by atoms with Crippen molar-refractivity contribution in [2.75, 3.05) is 18.4 Å². The molecule has 2 aliphatic rings. The number of nitrogens with one attached hydrogen (secondary N) is 1. The molecule has 0 aliphatic carbocycles. The molecule has 5 rings (SSSR count). The molecular formula is C27H26Cl2N4O4S. The van der Waals surface area contributed by atoms with Crippen molar-refractivity contribution in [2.45, 2.75) is 37.0 Å². The zero-order chi connectivity index (χ0) is 27.4. The molecule has 2 aliphatic heterocycles. The SMILES string of the molecule is Cc1cn(/C=C2\C(=O)Nc3ccc(S(=O)(=O)Cc4c(Cl)cccc4Cl)cc32)c(C)c1C(=O)N1CC[C@@H](N)C1. The number of rotatable bonds is 5. The molecule has 1 aromatic heterocycles. The molecule has 8 nitrogen and oxygen atoms in total. The number of aryl methyl sites for hydroxylation is 1. The van der Waals surface area contributed by atoms with E-state index in [1.54, 1.807) is 46.1 Å². The van der Waals surface area contributed by atoms with Crippen molar-refractivity contribution in [2.24, 2.45) is 5.73 Å². The Morgan fingerprint density at radius 2 is 1.89 bits per heavy atom. The van der Waals surface area contributed by atoms with E-state index < -0.39 is 9.84 Å². The topological polar surface area (TPSA) is 114 Å². The number of halogens is 2. The first-order valence-corrected chi connectivity index (χ1v) is 14.4. The van der Waals surface area contributed by atoms with Crippen molar-refractivity contribution >= 4 is 62.3 Å². The van der Waals surface area contributed by atoms with Gasteiger partial charge in [0.2, 0.25) is 0 Å². The van der Waals surface area contributed by atoms with Crippen LogP contribution in [0.3, 0.4) is 0 Å². The third-order valence-corrected chi connectivity index (χ3v) is 9.35. The summed E-state index contributed by atoms with van der Waals surface area (Å²) in [4.78, 5) is 27.9. The van der Waals surface area contributed by atoms with Crippen molar-refractivity contribution in [3.8, 4) is 0 Å². The largest absolute Gasteiger partial charge is 0.337 e. The number of nitrogens with two attached hydrogens (primary N) is 1. The summed E-state index contributed by atoms with van der Waals surface area (Å²) in [7, 11) is -3.83. The summed E-state index contributed by atoms with van der Waals surface area (Å²) in [6.45, 7) is 4.78. The minimum atomic E-state index is -3.83. The predicted molar refractivity (Wildman–Crippen MR) is 149 cm³/mol. The summed E-state index contributed by atoms with van der Waals surface area (Å²) >= 11 is 12.4. The number of anilines is 1. The van der Waals surface area contributed by atoms with Gasteiger partial charge in [0, 0.05) is 64.1 Å². The predicted octanol–water partition coefficient (Wildman–Crippen LogP) is 4.51. The zero-order valence-electron chi connectivity index (χ0n) is 20.8. The minimum Gasteiger partial charge on any atom is -0.337 e. The monoisotopic (exact) mass is 572 g/mol. The summed E-state index contributed by atoms with van der Waals surface area (Å²) in [6, 6.07) is 9.28. The van der Waals surface area contributed by atoms with Crippen LogP contribution in [-0.4, -0.2) is 48.8 Å². The number of likely N-dealkylation sites (tertiary alicyclic amines) is 1. The lowest BCUT2D eigenvalue weighted by Crippen LogP contribution is -2.32. The molecule has 3 N–H and O–H groups in total. The summed E-state index contributed by atoms with van der Waals surface area (Å²) in [5, 5.41) is 3.31. The Balaban J connectivity index is 1.50. The van der Waals surface area contributed by atoms with Gasteiger partial charge in [-0.05, 0) is 56.2 Å². The molecule has 198 valence electrons. The van der Waals surface area contributed by atoms with Crippen LogP contribution in [0.4, 0.5) is 5.69 Å². The molecule has 1 fully saturated rings. The number of hydrogen-bond acceptors (Lipinski definition) is 5. The van der Waals surface area contributed by atoms with Crippen LogP contribution < -0.4 is 11.1 Å². The Morgan fingerprint density at radius 1 is 1.18 bits per heavy atom. The summed E-state index contributed by atoms with van der Waals surface area (Å²) < 4.78 is 28.3. The molecule has 1 atom stereocenters. The van der Waals surface area contributed by atoms with E-state index in [1.165, 1.54) is 12.1 Å². The lowest BCUT2D eigenvalue weighted by molar-refractivity contribution is -0.110. The van der Waals surface area contributed by atoms with Gasteiger partial charge in [0.05, 0.1) is 21.8 Å². The van der Waals surface area contributed by atoms with E-state index in [4.69, 9.17) is 28.9 Å². The Labute approximate surface area is 230 Å². The van der Waals surface area contributed by atoms with Crippen LogP contribution in [0.5, 0.6) is 0 Å². The van der Waals surface area contributed by atoms with Gasteiger partial charge in [0.15, 0.2) is 9.84 Å². The van der Waals surface area contributed by atoms with Gasteiger partial charge in [-0.15, -0.1) is 0 Å². The second-order valence-electron chi connectivity index (χ2n) is 9.64. The van der Waals surface area contributed by atoms with Crippen LogP contribution in [0.15, 0.2) is 47.5 Å². The fourth-order valence-electron chi connectivity index (χ4n) is 4.94. The van der Waals surface area contributed by atoms with Crippen molar-refractivity contribution < 1.29 is 18.0 Å². The lowest BCUT2D eigenvalue weighted by atomic mass is 10.1. The van der Waals surface area contributed by atoms with Crippen LogP contribution in [0.1, 0.15) is 39.2 Å². The molecule has 11 heteroatoms. The minimum absolute atomic E-state index is 0.0260. The molecule has 0 saturated carbocycles. The van der Waals surface area contributed by atoms with E-state index >= 15 is 0 Å². The van der Waals surface area contributed by atoms with E-state index in [1.807, 2.05) is 13.8 Å². The fraction of sp³-hybridized carbons (Fsp3) is 0.259. The molecule has 38 heavy (non-hydrogen) atoms. The van der Waals surface area contributed by atoms with Crippen molar-refractivity contribution in [1.29, 1.82) is 0 Å². The van der Waals surface area contributed by atoms with Crippen LogP contribution >= 0.6 is 23.2 Å². The van der Waals surface area contributed by atoms with Gasteiger partial charge < -0.3 is 20.5 Å². The van der Waals surface area contributed by atoms with Gasteiger partial charge in [-0.2, -0.15) is 0 Å². The number of nitrogens with zero attached hydrogens (tertiary/aromatic N) is 2. The number of aromatic nitrogens is 1. The first-order chi connectivity index (χ1) is 18.0. The molecule has 0 radical (unpaired) electrons. The number of carbonyl (C=O) groups is 2. The number of fused-ring (bicyclic) bond motifs is 1. The van der Waals surface area contributed by atoms with E-state index in [0.717, 1.165) is 12.0 Å². The first kappa shape index (κ1) is 26.5. The molecular weight excluding hydrogens is 547 g/mol. The van der Waals surface area contributed by atoms with E-state index in [-0.39, 0.29) is 44.1 Å². The summed E-state index contributed by atoms with van der Waals surface area (Å²) in [5.74, 6) is -0.840. The normalized spacial score (nSPS) is 18.2. The zero-order valence-corrected chi connectivity index (χ0v) is 23.1. The fourth-order valence-corrected chi connectivity index (χ4v) is 7.06. The van der Waals surface area contributed by atoms with Crippen LogP contribution in [0.2, 0.25) is 10.0 Å². The molecule has 1 saturated heterocycles. The lowest BCUT2D eigenvalue weighted by Gasteiger charge is -2.16. The molecule has 3 aromatic rings. The maximum absolute atomic E-state index is 13.3. The standard InChI is InChI=1S/C27H26Cl2N4O4S/c1-15-11-33(16(2)25(15)27(35)32-9-8-17(30)12-32)13-20-19-10-18(6-7-24(19)31-26(20)34)38(36,37)14-21-22(28)4-3-5-23(21)29/h3-7,10-11,13,17H,8-9,12,14,30H2,1-2H3,(H,31,34)/b20-13-/t17-/m1/s1. The molecule has 0 spiro atoms. The van der Waals surface area contributed by atoms with E-state index in [9.17, 15) is 18.0 Å². The number of carbonyl (C=O) groups excluding carboxylic acids is 2. The highest BCUT2D eigenvalue weighted by atomic mass is 35.5. The summed E-state index contributed by atoms with van der Waals surface area (Å²) in [6.07, 6.45) is 4.17. The highest BCUT2D eigenvalue weighted by molar-refractivity contribution is 7.90.